The number of ether oxygens (including phenoxy) is 1. The lowest BCUT2D eigenvalue weighted by atomic mass is 10.0. The Hall–Kier alpha value is -0.130. The van der Waals surface area contributed by atoms with Crippen molar-refractivity contribution in [1.29, 1.82) is 0 Å². The van der Waals surface area contributed by atoms with E-state index in [1.807, 2.05) is 0 Å². The van der Waals surface area contributed by atoms with Gasteiger partial charge < -0.3 is 10.1 Å². The highest BCUT2D eigenvalue weighted by atomic mass is 32.2. The van der Waals surface area contributed by atoms with Crippen molar-refractivity contribution in [2.45, 2.75) is 56.9 Å². The number of nitrogens with one attached hydrogen (secondary N) is 1. The Balaban J connectivity index is 2.45. The molecule has 5 heteroatoms. The van der Waals surface area contributed by atoms with Crippen molar-refractivity contribution in [3.05, 3.63) is 0 Å². The minimum atomic E-state index is -3.02. The van der Waals surface area contributed by atoms with E-state index in [2.05, 4.69) is 12.2 Å². The van der Waals surface area contributed by atoms with Crippen LogP contribution in [-0.2, 0) is 14.6 Å². The largest absolute Gasteiger partial charge is 0.378 e. The van der Waals surface area contributed by atoms with Crippen molar-refractivity contribution in [3.8, 4) is 0 Å². The van der Waals surface area contributed by atoms with Crippen LogP contribution in [0.3, 0.4) is 0 Å². The molecule has 1 fully saturated rings. The van der Waals surface area contributed by atoms with Crippen LogP contribution in [0.5, 0.6) is 0 Å². The van der Waals surface area contributed by atoms with Crippen molar-refractivity contribution in [2.24, 2.45) is 0 Å². The van der Waals surface area contributed by atoms with E-state index >= 15 is 0 Å². The van der Waals surface area contributed by atoms with E-state index in [4.69, 9.17) is 4.74 Å². The first-order valence-electron chi connectivity index (χ1n) is 6.31. The second-order valence-corrected chi connectivity index (χ2v) is 8.18. The summed E-state index contributed by atoms with van der Waals surface area (Å²) in [7, 11) is -3.02. The van der Waals surface area contributed by atoms with Gasteiger partial charge in [0.1, 0.15) is 0 Å². The Kier molecular flexibility index (Phi) is 4.98. The smallest absolute Gasteiger partial charge is 0.153 e. The van der Waals surface area contributed by atoms with Crippen LogP contribution in [-0.4, -0.2) is 44.7 Å². The first kappa shape index (κ1) is 14.9. The molecule has 0 aromatic carbocycles. The fraction of sp³-hybridized carbons (Fsp3) is 1.00. The van der Waals surface area contributed by atoms with Gasteiger partial charge in [-0.3, -0.25) is 0 Å². The monoisotopic (exact) mass is 263 g/mol. The Morgan fingerprint density at radius 3 is 2.59 bits per heavy atom. The lowest BCUT2D eigenvalue weighted by molar-refractivity contribution is -0.000241. The maximum Gasteiger partial charge on any atom is 0.153 e. The van der Waals surface area contributed by atoms with Crippen LogP contribution in [0.1, 0.15) is 40.0 Å². The molecule has 0 aromatic heterocycles. The quantitative estimate of drug-likeness (QED) is 0.813. The Morgan fingerprint density at radius 2 is 2.06 bits per heavy atom. The van der Waals surface area contributed by atoms with Gasteiger partial charge in [-0.1, -0.05) is 6.92 Å². The highest BCUT2D eigenvalue weighted by Crippen LogP contribution is 2.18. The fourth-order valence-corrected chi connectivity index (χ4v) is 2.22. The molecule has 4 nitrogen and oxygen atoms in total. The summed E-state index contributed by atoms with van der Waals surface area (Å²) in [6, 6.07) is 0.384. The standard InChI is InChI=1S/C12H25NO3S/c1-5-11-8-10(6-7-16-11)13-9-12(2,3)17(4,14)15/h10-11,13H,5-9H2,1-4H3. The minimum absolute atomic E-state index is 0.322. The molecule has 0 aliphatic carbocycles. The van der Waals surface area contributed by atoms with Gasteiger partial charge in [0.2, 0.25) is 0 Å². The highest BCUT2D eigenvalue weighted by Gasteiger charge is 2.31. The van der Waals surface area contributed by atoms with Crippen molar-refractivity contribution in [1.82, 2.24) is 5.32 Å². The normalized spacial score (nSPS) is 27.1. The summed E-state index contributed by atoms with van der Waals surface area (Å²) < 4.78 is 28.1. The van der Waals surface area contributed by atoms with Crippen molar-refractivity contribution >= 4 is 9.84 Å². The predicted molar refractivity (Wildman–Crippen MR) is 70.0 cm³/mol. The molecular formula is C12H25NO3S. The second-order valence-electron chi connectivity index (χ2n) is 5.54. The lowest BCUT2D eigenvalue weighted by Crippen LogP contribution is -2.47. The topological polar surface area (TPSA) is 55.4 Å². The van der Waals surface area contributed by atoms with Gasteiger partial charge in [-0.15, -0.1) is 0 Å². The van der Waals surface area contributed by atoms with E-state index in [0.29, 0.717) is 18.7 Å². The molecule has 0 aromatic rings. The molecule has 2 atom stereocenters. The number of rotatable bonds is 5. The number of hydrogen-bond donors (Lipinski definition) is 1. The molecule has 102 valence electrons. The van der Waals surface area contributed by atoms with Gasteiger partial charge in [-0.25, -0.2) is 8.42 Å². The number of sulfone groups is 1. The molecule has 1 aliphatic rings. The predicted octanol–water partition coefficient (Wildman–Crippen LogP) is 1.36. The van der Waals surface area contributed by atoms with Gasteiger partial charge in [0, 0.05) is 25.4 Å². The zero-order valence-corrected chi connectivity index (χ0v) is 12.1. The summed E-state index contributed by atoms with van der Waals surface area (Å²) in [6.45, 7) is 6.94. The Morgan fingerprint density at radius 1 is 1.41 bits per heavy atom. The Labute approximate surface area is 105 Å². The van der Waals surface area contributed by atoms with Crippen molar-refractivity contribution in [3.63, 3.8) is 0 Å². The third-order valence-corrected chi connectivity index (χ3v) is 5.79. The SMILES string of the molecule is CCC1CC(NCC(C)(C)S(C)(=O)=O)CCO1. The third kappa shape index (κ3) is 4.23. The van der Waals surface area contributed by atoms with E-state index < -0.39 is 14.6 Å². The molecule has 0 spiro atoms. The van der Waals surface area contributed by atoms with Crippen LogP contribution in [0, 0.1) is 0 Å². The molecule has 2 unspecified atom stereocenters. The highest BCUT2D eigenvalue weighted by molar-refractivity contribution is 7.92. The first-order chi connectivity index (χ1) is 7.76. The summed E-state index contributed by atoms with van der Waals surface area (Å²) in [5.74, 6) is 0. The maximum atomic E-state index is 11.6. The molecule has 1 rings (SSSR count). The second kappa shape index (κ2) is 5.67. The molecule has 17 heavy (non-hydrogen) atoms. The summed E-state index contributed by atoms with van der Waals surface area (Å²) in [5, 5.41) is 3.37. The molecule has 0 saturated carbocycles. The molecule has 0 radical (unpaired) electrons. The van der Waals surface area contributed by atoms with Crippen LogP contribution in [0.25, 0.3) is 0 Å². The fourth-order valence-electron chi connectivity index (χ4n) is 1.87. The van der Waals surface area contributed by atoms with E-state index in [1.165, 1.54) is 6.26 Å². The minimum Gasteiger partial charge on any atom is -0.378 e. The van der Waals surface area contributed by atoms with E-state index in [1.54, 1.807) is 13.8 Å². The van der Waals surface area contributed by atoms with Crippen LogP contribution in [0.15, 0.2) is 0 Å². The molecule has 1 saturated heterocycles. The summed E-state index contributed by atoms with van der Waals surface area (Å²) >= 11 is 0. The van der Waals surface area contributed by atoms with Gasteiger partial charge in [-0.2, -0.15) is 0 Å². The van der Waals surface area contributed by atoms with Gasteiger partial charge >= 0.3 is 0 Å². The van der Waals surface area contributed by atoms with Gasteiger partial charge in [-0.05, 0) is 33.1 Å². The van der Waals surface area contributed by atoms with Crippen LogP contribution >= 0.6 is 0 Å². The van der Waals surface area contributed by atoms with Crippen LogP contribution < -0.4 is 5.32 Å². The maximum absolute atomic E-state index is 11.6. The summed E-state index contributed by atoms with van der Waals surface area (Å²) in [6.07, 6.45) is 4.59. The number of hydrogen-bond acceptors (Lipinski definition) is 4. The molecule has 0 amide bonds. The lowest BCUT2D eigenvalue weighted by Gasteiger charge is -2.32. The van der Waals surface area contributed by atoms with E-state index in [0.717, 1.165) is 25.9 Å². The molecule has 1 aliphatic heterocycles. The van der Waals surface area contributed by atoms with E-state index in [9.17, 15) is 8.42 Å². The van der Waals surface area contributed by atoms with Crippen molar-refractivity contribution in [2.75, 3.05) is 19.4 Å². The average molecular weight is 263 g/mol. The summed E-state index contributed by atoms with van der Waals surface area (Å²) in [5.41, 5.74) is 0. The van der Waals surface area contributed by atoms with Gasteiger partial charge in [0.05, 0.1) is 10.9 Å². The van der Waals surface area contributed by atoms with Crippen LogP contribution in [0.2, 0.25) is 0 Å². The Bertz CT molecular complexity index is 338. The van der Waals surface area contributed by atoms with Gasteiger partial charge in [0.15, 0.2) is 9.84 Å². The molecule has 0 bridgehead atoms. The first-order valence-corrected chi connectivity index (χ1v) is 8.20. The van der Waals surface area contributed by atoms with Crippen molar-refractivity contribution < 1.29 is 13.2 Å². The average Bonchev–Trinajstić information content (AvgIpc) is 2.25. The summed E-state index contributed by atoms with van der Waals surface area (Å²) in [4.78, 5) is 0. The van der Waals surface area contributed by atoms with Gasteiger partial charge in [0.25, 0.3) is 0 Å². The van der Waals surface area contributed by atoms with E-state index in [-0.39, 0.29) is 0 Å². The third-order valence-electron chi connectivity index (χ3n) is 3.64. The molecular weight excluding hydrogens is 238 g/mol. The zero-order valence-electron chi connectivity index (χ0n) is 11.3. The zero-order chi connectivity index (χ0) is 13.1. The molecule has 1 N–H and O–H groups in total. The molecule has 1 heterocycles. The van der Waals surface area contributed by atoms with Crippen LogP contribution in [0.4, 0.5) is 0 Å².